The van der Waals surface area contributed by atoms with Crippen LogP contribution < -0.4 is 5.32 Å². The van der Waals surface area contributed by atoms with Gasteiger partial charge in [-0.3, -0.25) is 9.59 Å². The number of hydrogen-bond donors (Lipinski definition) is 1. The lowest BCUT2D eigenvalue weighted by atomic mass is 10.1. The number of fused-ring (bicyclic) bond motifs is 1. The van der Waals surface area contributed by atoms with Crippen molar-refractivity contribution in [2.75, 3.05) is 51.7 Å². The van der Waals surface area contributed by atoms with E-state index in [2.05, 4.69) is 42.5 Å². The first-order chi connectivity index (χ1) is 16.8. The average molecular weight is 486 g/mol. The predicted molar refractivity (Wildman–Crippen MR) is 141 cm³/mol. The molecule has 0 spiro atoms. The normalized spacial score (nSPS) is 14.6. The van der Waals surface area contributed by atoms with Gasteiger partial charge in [-0.25, -0.2) is 4.98 Å². The van der Waals surface area contributed by atoms with E-state index >= 15 is 0 Å². The van der Waals surface area contributed by atoms with Crippen LogP contribution in [0.5, 0.6) is 0 Å². The molecule has 2 aromatic rings. The first kappa shape index (κ1) is 27.0. The largest absolute Gasteiger partial charge is 0.468 e. The van der Waals surface area contributed by atoms with Gasteiger partial charge in [-0.1, -0.05) is 34.1 Å². The van der Waals surface area contributed by atoms with Crippen molar-refractivity contribution in [1.82, 2.24) is 19.4 Å². The maximum atomic E-state index is 13.5. The molecule has 8 heteroatoms. The minimum Gasteiger partial charge on any atom is -0.468 e. The molecule has 35 heavy (non-hydrogen) atoms. The highest BCUT2D eigenvalue weighted by molar-refractivity contribution is 5.98. The molecule has 0 atom stereocenters. The summed E-state index contributed by atoms with van der Waals surface area (Å²) in [6, 6.07) is 5.74. The Kier molecular flexibility index (Phi) is 9.95. The molecule has 3 rings (SSSR count). The standard InChI is InChI=1S/C27H43N5O3/c1-20(2)18-31(19-21(3)4)26(34)22-10-11-23-24(16-22)32(27(29-23)28-17-25(33)35-5)15-9-14-30-12-7-6-8-13-30/h10-11,16,20-21H,6-9,12-15,17-19H2,1-5H3,(H,28,29). The number of likely N-dealkylation sites (tertiary alicyclic amines) is 1. The van der Waals surface area contributed by atoms with Crippen LogP contribution in [0.3, 0.4) is 0 Å². The molecule has 2 heterocycles. The summed E-state index contributed by atoms with van der Waals surface area (Å²) in [6.45, 7) is 14.2. The van der Waals surface area contributed by atoms with Gasteiger partial charge in [-0.15, -0.1) is 0 Å². The van der Waals surface area contributed by atoms with Crippen LogP contribution in [0, 0.1) is 11.8 Å². The van der Waals surface area contributed by atoms with Crippen molar-refractivity contribution in [1.29, 1.82) is 0 Å². The Hall–Kier alpha value is -2.61. The van der Waals surface area contributed by atoms with Crippen molar-refractivity contribution in [3.8, 4) is 0 Å². The summed E-state index contributed by atoms with van der Waals surface area (Å²) in [7, 11) is 1.38. The summed E-state index contributed by atoms with van der Waals surface area (Å²) in [5.74, 6) is 1.15. The monoisotopic (exact) mass is 485 g/mol. The van der Waals surface area contributed by atoms with E-state index in [1.807, 2.05) is 23.1 Å². The predicted octanol–water partition coefficient (Wildman–Crippen LogP) is 4.25. The number of amides is 1. The zero-order valence-electron chi connectivity index (χ0n) is 22.2. The minimum absolute atomic E-state index is 0.0499. The number of ether oxygens (including phenoxy) is 1. The van der Waals surface area contributed by atoms with Crippen LogP contribution in [0.2, 0.25) is 0 Å². The molecule has 0 saturated carbocycles. The van der Waals surface area contributed by atoms with E-state index in [1.54, 1.807) is 0 Å². The number of aryl methyl sites for hydroxylation is 1. The Bertz CT molecular complexity index is 969. The number of benzene rings is 1. The van der Waals surface area contributed by atoms with Crippen molar-refractivity contribution in [2.45, 2.75) is 59.9 Å². The lowest BCUT2D eigenvalue weighted by molar-refractivity contribution is -0.138. The van der Waals surface area contributed by atoms with E-state index in [0.717, 1.165) is 56.7 Å². The number of methoxy groups -OCH3 is 1. The van der Waals surface area contributed by atoms with Gasteiger partial charge >= 0.3 is 5.97 Å². The van der Waals surface area contributed by atoms with Gasteiger partial charge in [-0.2, -0.15) is 0 Å². The lowest BCUT2D eigenvalue weighted by Crippen LogP contribution is -2.37. The second-order valence-electron chi connectivity index (χ2n) is 10.5. The highest BCUT2D eigenvalue weighted by atomic mass is 16.5. The van der Waals surface area contributed by atoms with Gasteiger partial charge in [0.05, 0.1) is 18.1 Å². The molecule has 1 amide bonds. The van der Waals surface area contributed by atoms with E-state index in [0.29, 0.717) is 23.3 Å². The number of hydrogen-bond acceptors (Lipinski definition) is 6. The summed E-state index contributed by atoms with van der Waals surface area (Å²) >= 11 is 0. The van der Waals surface area contributed by atoms with Gasteiger partial charge in [0.2, 0.25) is 5.95 Å². The summed E-state index contributed by atoms with van der Waals surface area (Å²) in [6.07, 6.45) is 4.85. The molecule has 0 unspecified atom stereocenters. The van der Waals surface area contributed by atoms with E-state index in [-0.39, 0.29) is 18.4 Å². The van der Waals surface area contributed by atoms with Gasteiger partial charge in [0.1, 0.15) is 6.54 Å². The van der Waals surface area contributed by atoms with Gasteiger partial charge in [0.25, 0.3) is 5.91 Å². The Balaban J connectivity index is 1.86. The molecular formula is C27H43N5O3. The van der Waals surface area contributed by atoms with Crippen LogP contribution in [-0.4, -0.2) is 77.6 Å². The quantitative estimate of drug-likeness (QED) is 0.453. The number of piperidine rings is 1. The van der Waals surface area contributed by atoms with Crippen LogP contribution in [0.25, 0.3) is 11.0 Å². The third-order valence-corrected chi connectivity index (χ3v) is 6.38. The summed E-state index contributed by atoms with van der Waals surface area (Å²) in [5.41, 5.74) is 2.40. The topological polar surface area (TPSA) is 79.7 Å². The molecule has 194 valence electrons. The van der Waals surface area contributed by atoms with Crippen molar-refractivity contribution in [3.63, 3.8) is 0 Å². The van der Waals surface area contributed by atoms with Crippen molar-refractivity contribution < 1.29 is 14.3 Å². The fourth-order valence-electron chi connectivity index (χ4n) is 4.78. The van der Waals surface area contributed by atoms with Gasteiger partial charge in [-0.05, 0) is 68.9 Å². The molecule has 0 bridgehead atoms. The number of imidazole rings is 1. The fraction of sp³-hybridized carbons (Fsp3) is 0.667. The van der Waals surface area contributed by atoms with Gasteiger partial charge in [0.15, 0.2) is 0 Å². The van der Waals surface area contributed by atoms with Crippen LogP contribution in [0.4, 0.5) is 5.95 Å². The number of nitrogens with zero attached hydrogens (tertiary/aromatic N) is 4. The van der Waals surface area contributed by atoms with Crippen LogP contribution in [0.15, 0.2) is 18.2 Å². The van der Waals surface area contributed by atoms with Gasteiger partial charge < -0.3 is 24.4 Å². The second-order valence-corrected chi connectivity index (χ2v) is 10.5. The number of carbonyl (C=O) groups is 2. The van der Waals surface area contributed by atoms with E-state index in [4.69, 9.17) is 9.72 Å². The van der Waals surface area contributed by atoms with Crippen LogP contribution >= 0.6 is 0 Å². The van der Waals surface area contributed by atoms with E-state index in [9.17, 15) is 9.59 Å². The maximum absolute atomic E-state index is 13.5. The number of carbonyl (C=O) groups excluding carboxylic acids is 2. The highest BCUT2D eigenvalue weighted by Gasteiger charge is 2.20. The number of anilines is 1. The molecule has 1 fully saturated rings. The molecule has 1 aliphatic rings. The average Bonchev–Trinajstić information content (AvgIpc) is 3.18. The molecule has 1 saturated heterocycles. The molecular weight excluding hydrogens is 442 g/mol. The molecule has 0 radical (unpaired) electrons. The molecule has 1 aromatic carbocycles. The second kappa shape index (κ2) is 12.9. The van der Waals surface area contributed by atoms with E-state index < -0.39 is 0 Å². The van der Waals surface area contributed by atoms with Crippen molar-refractivity contribution in [2.24, 2.45) is 11.8 Å². The molecule has 1 aliphatic heterocycles. The van der Waals surface area contributed by atoms with Crippen molar-refractivity contribution in [3.05, 3.63) is 23.8 Å². The smallest absolute Gasteiger partial charge is 0.325 e. The maximum Gasteiger partial charge on any atom is 0.325 e. The molecule has 8 nitrogen and oxygen atoms in total. The van der Waals surface area contributed by atoms with E-state index in [1.165, 1.54) is 26.4 Å². The Labute approximate surface area is 210 Å². The third-order valence-electron chi connectivity index (χ3n) is 6.38. The van der Waals surface area contributed by atoms with Crippen molar-refractivity contribution >= 4 is 28.9 Å². The summed E-state index contributed by atoms with van der Waals surface area (Å²) in [5, 5.41) is 3.13. The number of aromatic nitrogens is 2. The number of rotatable bonds is 12. The van der Waals surface area contributed by atoms with Crippen LogP contribution in [0.1, 0.15) is 63.7 Å². The SMILES string of the molecule is COC(=O)CNc1nc2ccc(C(=O)N(CC(C)C)CC(C)C)cc2n1CCCN1CCCCC1. The van der Waals surface area contributed by atoms with Crippen LogP contribution in [-0.2, 0) is 16.1 Å². The zero-order valence-corrected chi connectivity index (χ0v) is 22.2. The molecule has 1 N–H and O–H groups in total. The first-order valence-electron chi connectivity index (χ1n) is 13.1. The van der Waals surface area contributed by atoms with Gasteiger partial charge in [0, 0.05) is 25.2 Å². The highest BCUT2D eigenvalue weighted by Crippen LogP contribution is 2.23. The lowest BCUT2D eigenvalue weighted by Gasteiger charge is -2.27. The Morgan fingerprint density at radius 1 is 1.06 bits per heavy atom. The first-order valence-corrected chi connectivity index (χ1v) is 13.1. The minimum atomic E-state index is -0.342. The number of esters is 1. The fourth-order valence-corrected chi connectivity index (χ4v) is 4.78. The Morgan fingerprint density at radius 2 is 1.74 bits per heavy atom. The third kappa shape index (κ3) is 7.69. The zero-order chi connectivity index (χ0) is 25.4. The summed E-state index contributed by atoms with van der Waals surface area (Å²) in [4.78, 5) is 34.4. The molecule has 1 aromatic heterocycles. The molecule has 0 aliphatic carbocycles. The summed E-state index contributed by atoms with van der Waals surface area (Å²) < 4.78 is 6.90. The Morgan fingerprint density at radius 3 is 2.37 bits per heavy atom. The number of nitrogens with one attached hydrogen (secondary N) is 1.